The average Bonchev–Trinajstić information content (AvgIpc) is 3.84. The van der Waals surface area contributed by atoms with Gasteiger partial charge in [-0.15, -0.1) is 0 Å². The standard InChI is InChI=1S/C31H40FN3O5S.C3H6/c1-20(2)35(21(3)4)18-25-14-24(11-12-27(25)28-16-30(39-6)33-17-29(28)32)19-40-26-10-8-9-23(15-26)13-22(5)31(36)34-41(7,37)38;1-2-3-1/h8-12,14-17,20-22H,13,18-19H2,1-7H3,(H,34,36);1-3H2. The first kappa shape index (κ1) is 35.0. The molecule has 1 atom stereocenters. The van der Waals surface area contributed by atoms with Crippen molar-refractivity contribution in [2.24, 2.45) is 5.92 Å². The van der Waals surface area contributed by atoms with Gasteiger partial charge in [-0.25, -0.2) is 17.8 Å². The van der Waals surface area contributed by atoms with Crippen molar-refractivity contribution in [1.82, 2.24) is 14.6 Å². The predicted octanol–water partition coefficient (Wildman–Crippen LogP) is 6.52. The van der Waals surface area contributed by atoms with Crippen LogP contribution in [0.15, 0.2) is 54.7 Å². The molecule has 2 aromatic carbocycles. The zero-order chi connectivity index (χ0) is 32.4. The molecule has 1 heterocycles. The van der Waals surface area contributed by atoms with E-state index in [0.29, 0.717) is 30.2 Å². The number of pyridine rings is 1. The summed E-state index contributed by atoms with van der Waals surface area (Å²) in [5.74, 6) is -0.543. The van der Waals surface area contributed by atoms with Crippen molar-refractivity contribution in [3.63, 3.8) is 0 Å². The molecule has 0 saturated heterocycles. The SMILES string of the molecule is C1CC1.COc1cc(-c2ccc(COc3cccc(CC(C)C(=O)NS(C)(=O)=O)c3)cc2CN(C(C)C)C(C)C)c(F)cn1. The molecule has 1 fully saturated rings. The third-order valence-electron chi connectivity index (χ3n) is 7.11. The summed E-state index contributed by atoms with van der Waals surface area (Å²) >= 11 is 0. The smallest absolute Gasteiger partial charge is 0.236 e. The minimum atomic E-state index is -3.61. The lowest BCUT2D eigenvalue weighted by Gasteiger charge is -2.31. The number of methoxy groups -OCH3 is 1. The number of carbonyl (C=O) groups excluding carboxylic acids is 1. The van der Waals surface area contributed by atoms with Crippen molar-refractivity contribution in [3.8, 4) is 22.8 Å². The molecule has 240 valence electrons. The maximum atomic E-state index is 14.9. The van der Waals surface area contributed by atoms with Crippen LogP contribution < -0.4 is 14.2 Å². The Kier molecular flexibility index (Phi) is 12.7. The van der Waals surface area contributed by atoms with Gasteiger partial charge in [-0.1, -0.05) is 56.5 Å². The maximum Gasteiger partial charge on any atom is 0.236 e. The number of amides is 1. The van der Waals surface area contributed by atoms with E-state index in [1.165, 1.54) is 32.6 Å². The molecule has 1 N–H and O–H groups in total. The highest BCUT2D eigenvalue weighted by molar-refractivity contribution is 7.89. The van der Waals surface area contributed by atoms with E-state index >= 15 is 0 Å². The van der Waals surface area contributed by atoms with Crippen LogP contribution in [0.1, 0.15) is 70.6 Å². The van der Waals surface area contributed by atoms with E-state index in [-0.39, 0.29) is 18.7 Å². The van der Waals surface area contributed by atoms with Crippen LogP contribution in [0, 0.1) is 11.7 Å². The molecule has 1 aliphatic carbocycles. The second-order valence-electron chi connectivity index (χ2n) is 11.9. The first-order chi connectivity index (χ1) is 20.8. The van der Waals surface area contributed by atoms with Gasteiger partial charge in [0.25, 0.3) is 0 Å². The second-order valence-corrected chi connectivity index (χ2v) is 13.6. The molecular weight excluding hydrogens is 581 g/mol. The summed E-state index contributed by atoms with van der Waals surface area (Å²) in [6.45, 7) is 11.1. The van der Waals surface area contributed by atoms with E-state index in [0.717, 1.165) is 28.5 Å². The number of hydrogen-bond donors (Lipinski definition) is 1. The van der Waals surface area contributed by atoms with Crippen LogP contribution in [0.4, 0.5) is 4.39 Å². The number of benzene rings is 2. The Morgan fingerprint density at radius 1 is 0.977 bits per heavy atom. The first-order valence-electron chi connectivity index (χ1n) is 15.1. The summed E-state index contributed by atoms with van der Waals surface area (Å²) in [5.41, 5.74) is 3.92. The van der Waals surface area contributed by atoms with Gasteiger partial charge in [0.2, 0.25) is 21.8 Å². The zero-order valence-corrected chi connectivity index (χ0v) is 27.7. The maximum absolute atomic E-state index is 14.9. The summed E-state index contributed by atoms with van der Waals surface area (Å²) in [7, 11) is -2.11. The predicted molar refractivity (Wildman–Crippen MR) is 172 cm³/mol. The lowest BCUT2D eigenvalue weighted by Crippen LogP contribution is -2.36. The van der Waals surface area contributed by atoms with Crippen LogP contribution in [0.3, 0.4) is 0 Å². The quantitative estimate of drug-likeness (QED) is 0.231. The van der Waals surface area contributed by atoms with Crippen molar-refractivity contribution >= 4 is 15.9 Å². The number of nitrogens with one attached hydrogen (secondary N) is 1. The summed E-state index contributed by atoms with van der Waals surface area (Å²) in [5, 5.41) is 0. The summed E-state index contributed by atoms with van der Waals surface area (Å²) in [4.78, 5) is 18.5. The molecule has 0 radical (unpaired) electrons. The minimum Gasteiger partial charge on any atom is -0.489 e. The van der Waals surface area contributed by atoms with Gasteiger partial charge >= 0.3 is 0 Å². The monoisotopic (exact) mass is 627 g/mol. The summed E-state index contributed by atoms with van der Waals surface area (Å²) in [6.07, 6.45) is 6.99. The van der Waals surface area contributed by atoms with E-state index in [1.807, 2.05) is 47.2 Å². The van der Waals surface area contributed by atoms with Crippen molar-refractivity contribution in [2.75, 3.05) is 13.4 Å². The molecule has 1 unspecified atom stereocenters. The van der Waals surface area contributed by atoms with E-state index < -0.39 is 27.7 Å². The second kappa shape index (κ2) is 16.0. The normalized spacial score (nSPS) is 13.3. The molecule has 0 aliphatic heterocycles. The lowest BCUT2D eigenvalue weighted by atomic mass is 9.96. The van der Waals surface area contributed by atoms with Crippen LogP contribution in [0.2, 0.25) is 0 Å². The highest BCUT2D eigenvalue weighted by Crippen LogP contribution is 2.31. The molecule has 10 heteroatoms. The summed E-state index contributed by atoms with van der Waals surface area (Å²) < 4.78 is 51.1. The number of hydrogen-bond acceptors (Lipinski definition) is 7. The molecule has 1 amide bonds. The fourth-order valence-corrected chi connectivity index (χ4v) is 5.25. The summed E-state index contributed by atoms with van der Waals surface area (Å²) in [6, 6.07) is 15.4. The number of sulfonamides is 1. The van der Waals surface area contributed by atoms with Gasteiger partial charge < -0.3 is 9.47 Å². The van der Waals surface area contributed by atoms with Crippen LogP contribution in [-0.4, -0.2) is 49.7 Å². The lowest BCUT2D eigenvalue weighted by molar-refractivity contribution is -0.122. The van der Waals surface area contributed by atoms with Crippen molar-refractivity contribution in [1.29, 1.82) is 0 Å². The topological polar surface area (TPSA) is 97.8 Å². The van der Waals surface area contributed by atoms with Gasteiger partial charge in [-0.2, -0.15) is 0 Å². The Morgan fingerprint density at radius 2 is 1.66 bits per heavy atom. The highest BCUT2D eigenvalue weighted by atomic mass is 32.2. The van der Waals surface area contributed by atoms with Gasteiger partial charge in [-0.05, 0) is 68.5 Å². The van der Waals surface area contributed by atoms with Gasteiger partial charge in [0.15, 0.2) is 0 Å². The fraction of sp³-hybridized carbons (Fsp3) is 0.471. The Hall–Kier alpha value is -3.50. The highest BCUT2D eigenvalue weighted by Gasteiger charge is 2.20. The van der Waals surface area contributed by atoms with Gasteiger partial charge in [0.1, 0.15) is 18.2 Å². The Bertz CT molecular complexity index is 1500. The molecule has 4 rings (SSSR count). The number of rotatable bonds is 13. The Morgan fingerprint density at radius 3 is 2.25 bits per heavy atom. The molecule has 1 aromatic heterocycles. The fourth-order valence-electron chi connectivity index (χ4n) is 4.68. The van der Waals surface area contributed by atoms with Gasteiger partial charge in [-0.3, -0.25) is 14.4 Å². The van der Waals surface area contributed by atoms with Crippen molar-refractivity contribution < 1.29 is 27.1 Å². The van der Waals surface area contributed by atoms with Crippen LogP contribution in [0.25, 0.3) is 11.1 Å². The molecule has 3 aromatic rings. The third-order valence-corrected chi connectivity index (χ3v) is 7.68. The Labute approximate surface area is 262 Å². The molecule has 44 heavy (non-hydrogen) atoms. The van der Waals surface area contributed by atoms with Crippen LogP contribution in [-0.2, 0) is 34.4 Å². The van der Waals surface area contributed by atoms with Gasteiger partial charge in [0.05, 0.1) is 19.6 Å². The molecule has 0 spiro atoms. The number of ether oxygens (including phenoxy) is 2. The van der Waals surface area contributed by atoms with Crippen LogP contribution >= 0.6 is 0 Å². The number of aromatic nitrogens is 1. The largest absolute Gasteiger partial charge is 0.489 e. The van der Waals surface area contributed by atoms with E-state index in [2.05, 4.69) is 37.6 Å². The average molecular weight is 628 g/mol. The van der Waals surface area contributed by atoms with E-state index in [1.54, 1.807) is 13.0 Å². The molecule has 0 bridgehead atoms. The first-order valence-corrected chi connectivity index (χ1v) is 17.0. The molecular formula is C34H46FN3O5S. The number of nitrogens with zero attached hydrogens (tertiary/aromatic N) is 2. The molecule has 8 nitrogen and oxygen atoms in total. The minimum absolute atomic E-state index is 0.282. The van der Waals surface area contributed by atoms with E-state index in [9.17, 15) is 17.6 Å². The number of halogens is 1. The van der Waals surface area contributed by atoms with Crippen molar-refractivity contribution in [3.05, 3.63) is 77.2 Å². The molecule has 1 aliphatic rings. The van der Waals surface area contributed by atoms with Crippen molar-refractivity contribution in [2.45, 2.75) is 85.5 Å². The third kappa shape index (κ3) is 11.2. The number of carbonyl (C=O) groups is 1. The van der Waals surface area contributed by atoms with E-state index in [4.69, 9.17) is 9.47 Å². The zero-order valence-electron chi connectivity index (χ0n) is 26.9. The van der Waals surface area contributed by atoms with Gasteiger partial charge in [0, 0.05) is 36.2 Å². The Balaban J connectivity index is 0.00000166. The molecule has 1 saturated carbocycles. The van der Waals surface area contributed by atoms with Crippen LogP contribution in [0.5, 0.6) is 11.6 Å².